The van der Waals surface area contributed by atoms with Gasteiger partial charge in [-0.1, -0.05) is 36.4 Å². The number of aryl methyl sites for hydroxylation is 1. The lowest BCUT2D eigenvalue weighted by molar-refractivity contribution is 0.0712. The van der Waals surface area contributed by atoms with Gasteiger partial charge in [-0.05, 0) is 67.3 Å². The summed E-state index contributed by atoms with van der Waals surface area (Å²) in [5.41, 5.74) is 6.31. The van der Waals surface area contributed by atoms with Crippen LogP contribution in [0, 0.1) is 6.92 Å². The minimum Gasteiger partial charge on any atom is -0.339 e. The first kappa shape index (κ1) is 22.7. The highest BCUT2D eigenvalue weighted by Crippen LogP contribution is 2.28. The Labute approximate surface area is 206 Å². The molecule has 0 unspecified atom stereocenters. The van der Waals surface area contributed by atoms with Crippen molar-refractivity contribution in [1.29, 1.82) is 0 Å². The fourth-order valence-corrected chi connectivity index (χ4v) is 4.61. The number of benzene rings is 2. The molecule has 6 nitrogen and oxygen atoms in total. The van der Waals surface area contributed by atoms with E-state index in [0.29, 0.717) is 17.4 Å². The number of carbonyl (C=O) groups is 1. The summed E-state index contributed by atoms with van der Waals surface area (Å²) in [7, 11) is 0. The molecule has 3 heterocycles. The van der Waals surface area contributed by atoms with Gasteiger partial charge in [-0.25, -0.2) is 9.97 Å². The van der Waals surface area contributed by atoms with Crippen molar-refractivity contribution < 1.29 is 4.79 Å². The second-order valence-electron chi connectivity index (χ2n) is 9.00. The van der Waals surface area contributed by atoms with Crippen LogP contribution in [-0.2, 0) is 6.42 Å². The van der Waals surface area contributed by atoms with E-state index in [4.69, 9.17) is 4.98 Å². The van der Waals surface area contributed by atoms with Gasteiger partial charge in [0.05, 0.1) is 0 Å². The van der Waals surface area contributed by atoms with Gasteiger partial charge in [0.2, 0.25) is 5.95 Å². The first-order valence-corrected chi connectivity index (χ1v) is 12.1. The van der Waals surface area contributed by atoms with Crippen LogP contribution in [0.1, 0.15) is 51.6 Å². The van der Waals surface area contributed by atoms with E-state index in [2.05, 4.69) is 64.7 Å². The Kier molecular flexibility index (Phi) is 6.80. The number of hydrogen-bond donors (Lipinski definition) is 1. The zero-order chi connectivity index (χ0) is 24.0. The van der Waals surface area contributed by atoms with E-state index < -0.39 is 0 Å². The van der Waals surface area contributed by atoms with E-state index in [1.807, 2.05) is 29.2 Å². The molecule has 0 bridgehead atoms. The molecule has 4 aromatic rings. The number of likely N-dealkylation sites (tertiary alicyclic amines) is 1. The zero-order valence-electron chi connectivity index (χ0n) is 19.9. The molecule has 6 heteroatoms. The van der Waals surface area contributed by atoms with Gasteiger partial charge in [0, 0.05) is 60.5 Å². The number of anilines is 2. The fourth-order valence-electron chi connectivity index (χ4n) is 4.61. The minimum atomic E-state index is 0.0577. The van der Waals surface area contributed by atoms with E-state index in [1.54, 1.807) is 18.5 Å². The van der Waals surface area contributed by atoms with Gasteiger partial charge in [-0.15, -0.1) is 0 Å². The first-order valence-electron chi connectivity index (χ1n) is 12.1. The number of nitrogens with one attached hydrogen (secondary N) is 1. The molecule has 35 heavy (non-hydrogen) atoms. The molecular formula is C29H29N5O. The summed E-state index contributed by atoms with van der Waals surface area (Å²) in [6, 6.07) is 24.1. The maximum atomic E-state index is 13.2. The van der Waals surface area contributed by atoms with E-state index in [1.165, 1.54) is 11.1 Å². The third-order valence-electron chi connectivity index (χ3n) is 6.59. The Morgan fingerprint density at radius 2 is 1.71 bits per heavy atom. The van der Waals surface area contributed by atoms with E-state index >= 15 is 0 Å². The number of hydrogen-bond acceptors (Lipinski definition) is 5. The molecule has 1 N–H and O–H groups in total. The van der Waals surface area contributed by atoms with Crippen LogP contribution >= 0.6 is 0 Å². The highest BCUT2D eigenvalue weighted by Gasteiger charge is 2.25. The highest BCUT2D eigenvalue weighted by molar-refractivity contribution is 5.95. The van der Waals surface area contributed by atoms with Crippen molar-refractivity contribution in [3.63, 3.8) is 0 Å². The summed E-state index contributed by atoms with van der Waals surface area (Å²) in [5.74, 6) is 0.941. The molecular weight excluding hydrogens is 434 g/mol. The summed E-state index contributed by atoms with van der Waals surface area (Å²) in [5, 5.41) is 3.16. The van der Waals surface area contributed by atoms with E-state index in [9.17, 15) is 4.79 Å². The average Bonchev–Trinajstić information content (AvgIpc) is 2.91. The number of piperidine rings is 1. The number of pyridine rings is 1. The molecule has 0 atom stereocenters. The lowest BCUT2D eigenvalue weighted by Crippen LogP contribution is -2.38. The monoisotopic (exact) mass is 463 g/mol. The van der Waals surface area contributed by atoms with Gasteiger partial charge in [-0.3, -0.25) is 9.78 Å². The molecule has 0 aliphatic carbocycles. The zero-order valence-corrected chi connectivity index (χ0v) is 19.9. The molecule has 176 valence electrons. The Bertz CT molecular complexity index is 1300. The summed E-state index contributed by atoms with van der Waals surface area (Å²) in [6.07, 6.45) is 6.05. The van der Waals surface area contributed by atoms with E-state index in [-0.39, 0.29) is 5.91 Å². The van der Waals surface area contributed by atoms with Crippen molar-refractivity contribution in [2.24, 2.45) is 0 Å². The Morgan fingerprint density at radius 1 is 0.943 bits per heavy atom. The molecule has 5 rings (SSSR count). The predicted octanol–water partition coefficient (Wildman–Crippen LogP) is 5.53. The van der Waals surface area contributed by atoms with Crippen LogP contribution in [0.2, 0.25) is 0 Å². The largest absolute Gasteiger partial charge is 0.339 e. The first-order chi connectivity index (χ1) is 17.2. The van der Waals surface area contributed by atoms with Crippen molar-refractivity contribution in [2.45, 2.75) is 32.1 Å². The number of nitrogens with zero attached hydrogens (tertiary/aromatic N) is 4. The van der Waals surface area contributed by atoms with Gasteiger partial charge in [0.15, 0.2) is 0 Å². The third-order valence-corrected chi connectivity index (χ3v) is 6.59. The van der Waals surface area contributed by atoms with Crippen LogP contribution in [-0.4, -0.2) is 38.8 Å². The quantitative estimate of drug-likeness (QED) is 0.407. The SMILES string of the molecule is Cc1ccccc1Cc1cccc(C2CCN(C(=O)c3cccc(Nc4ncccn4)c3)CC2)n1. The average molecular weight is 464 g/mol. The maximum Gasteiger partial charge on any atom is 0.253 e. The smallest absolute Gasteiger partial charge is 0.253 e. The summed E-state index contributed by atoms with van der Waals surface area (Å²) < 4.78 is 0. The summed E-state index contributed by atoms with van der Waals surface area (Å²) in [6.45, 7) is 3.60. The molecule has 1 amide bonds. The number of aromatic nitrogens is 3. The van der Waals surface area contributed by atoms with Crippen LogP contribution in [0.4, 0.5) is 11.6 Å². The molecule has 0 spiro atoms. The van der Waals surface area contributed by atoms with E-state index in [0.717, 1.165) is 49.4 Å². The maximum absolute atomic E-state index is 13.2. The van der Waals surface area contributed by atoms with Crippen molar-refractivity contribution in [2.75, 3.05) is 18.4 Å². The van der Waals surface area contributed by atoms with Gasteiger partial charge < -0.3 is 10.2 Å². The third kappa shape index (κ3) is 5.54. The van der Waals surface area contributed by atoms with Crippen molar-refractivity contribution in [3.05, 3.63) is 113 Å². The van der Waals surface area contributed by atoms with Gasteiger partial charge in [0.25, 0.3) is 5.91 Å². The standard InChI is InChI=1S/C29H29N5O/c1-21-7-2-3-8-23(21)19-25-11-5-12-27(32-25)22-13-17-34(18-14-22)28(35)24-9-4-10-26(20-24)33-29-30-15-6-16-31-29/h2-12,15-16,20,22H,13-14,17-19H2,1H3,(H,30,31,33). The Balaban J connectivity index is 1.21. The van der Waals surface area contributed by atoms with Crippen LogP contribution in [0.15, 0.2) is 85.2 Å². The van der Waals surface area contributed by atoms with Gasteiger partial charge in [0.1, 0.15) is 0 Å². The topological polar surface area (TPSA) is 71.0 Å². The molecule has 2 aromatic heterocycles. The van der Waals surface area contributed by atoms with Crippen LogP contribution in [0.5, 0.6) is 0 Å². The summed E-state index contributed by atoms with van der Waals surface area (Å²) in [4.78, 5) is 28.5. The number of rotatable bonds is 6. The van der Waals surface area contributed by atoms with Gasteiger partial charge in [-0.2, -0.15) is 0 Å². The van der Waals surface area contributed by atoms with Crippen molar-refractivity contribution >= 4 is 17.5 Å². The second kappa shape index (κ2) is 10.5. The van der Waals surface area contributed by atoms with Crippen LogP contribution in [0.25, 0.3) is 0 Å². The van der Waals surface area contributed by atoms with Crippen molar-refractivity contribution in [1.82, 2.24) is 19.9 Å². The predicted molar refractivity (Wildman–Crippen MR) is 138 cm³/mol. The molecule has 0 radical (unpaired) electrons. The minimum absolute atomic E-state index is 0.0577. The molecule has 1 fully saturated rings. The number of amides is 1. The highest BCUT2D eigenvalue weighted by atomic mass is 16.2. The Morgan fingerprint density at radius 3 is 2.51 bits per heavy atom. The summed E-state index contributed by atoms with van der Waals surface area (Å²) >= 11 is 0. The molecule has 2 aromatic carbocycles. The Hall–Kier alpha value is -4.06. The fraction of sp³-hybridized carbons (Fsp3) is 0.241. The lowest BCUT2D eigenvalue weighted by Gasteiger charge is -2.32. The molecule has 1 aliphatic heterocycles. The normalized spacial score (nSPS) is 14.0. The molecule has 1 saturated heterocycles. The molecule has 0 saturated carbocycles. The lowest BCUT2D eigenvalue weighted by atomic mass is 9.92. The second-order valence-corrected chi connectivity index (χ2v) is 9.00. The molecule has 1 aliphatic rings. The number of carbonyl (C=O) groups excluding carboxylic acids is 1. The van der Waals surface area contributed by atoms with Gasteiger partial charge >= 0.3 is 0 Å². The van der Waals surface area contributed by atoms with Crippen LogP contribution < -0.4 is 5.32 Å². The van der Waals surface area contributed by atoms with Crippen LogP contribution in [0.3, 0.4) is 0 Å². The van der Waals surface area contributed by atoms with Crippen molar-refractivity contribution in [3.8, 4) is 0 Å².